The summed E-state index contributed by atoms with van der Waals surface area (Å²) in [4.78, 5) is 38.4. The highest BCUT2D eigenvalue weighted by Gasteiger charge is 2.33. The van der Waals surface area contributed by atoms with Crippen LogP contribution in [0.5, 0.6) is 0 Å². The topological polar surface area (TPSA) is 87.7 Å². The summed E-state index contributed by atoms with van der Waals surface area (Å²) in [5.74, 6) is -0.864. The van der Waals surface area contributed by atoms with Gasteiger partial charge in [0.1, 0.15) is 6.04 Å². The van der Waals surface area contributed by atoms with Crippen molar-refractivity contribution in [3.05, 3.63) is 29.3 Å². The average Bonchev–Trinajstić information content (AvgIpc) is 2.57. The molecule has 1 aromatic rings. The Balaban J connectivity index is 1.95. The normalized spacial score (nSPS) is 17.3. The van der Waals surface area contributed by atoms with Crippen LogP contribution in [-0.2, 0) is 19.1 Å². The van der Waals surface area contributed by atoms with Gasteiger partial charge in [-0.1, -0.05) is 19.4 Å². The molecule has 1 fully saturated rings. The highest BCUT2D eigenvalue weighted by molar-refractivity contribution is 5.93. The minimum Gasteiger partial charge on any atom is -0.466 e. The largest absolute Gasteiger partial charge is 0.466 e. The number of ether oxygens (including phenoxy) is 1. The fourth-order valence-electron chi connectivity index (χ4n) is 3.15. The molecule has 0 spiro atoms. The van der Waals surface area contributed by atoms with Crippen molar-refractivity contribution in [3.8, 4) is 0 Å². The van der Waals surface area contributed by atoms with Gasteiger partial charge in [0.2, 0.25) is 11.8 Å². The number of carbonyl (C=O) groups is 3. The Hall–Kier alpha value is -2.41. The number of nitrogens with zero attached hydrogens (tertiary/aromatic N) is 1. The standard InChI is InChI=1S/C20H29N3O4/c1-4-5-8-27-19(25)12-17-20(26)21-6-7-23(17)13-18(24)22-16-10-14(2)9-15(3)11-16/h9-11,17H,4-8,12-13H2,1-3H3,(H,21,26)(H,22,24). The van der Waals surface area contributed by atoms with Crippen LogP contribution in [0.4, 0.5) is 5.69 Å². The van der Waals surface area contributed by atoms with Gasteiger partial charge in [0.25, 0.3) is 0 Å². The zero-order valence-electron chi connectivity index (χ0n) is 16.3. The second-order valence-corrected chi connectivity index (χ2v) is 6.98. The molecule has 7 nitrogen and oxygen atoms in total. The van der Waals surface area contributed by atoms with Crippen LogP contribution in [0, 0.1) is 13.8 Å². The summed E-state index contributed by atoms with van der Waals surface area (Å²) >= 11 is 0. The molecule has 27 heavy (non-hydrogen) atoms. The zero-order valence-corrected chi connectivity index (χ0v) is 16.3. The van der Waals surface area contributed by atoms with E-state index in [9.17, 15) is 14.4 Å². The molecule has 0 aromatic heterocycles. The Kier molecular flexibility index (Phi) is 7.79. The van der Waals surface area contributed by atoms with Gasteiger partial charge in [0, 0.05) is 18.8 Å². The summed E-state index contributed by atoms with van der Waals surface area (Å²) in [6, 6.07) is 5.15. The minimum absolute atomic E-state index is 0.0489. The number of hydrogen-bond acceptors (Lipinski definition) is 5. The first kappa shape index (κ1) is 20.9. The first-order valence-corrected chi connectivity index (χ1v) is 9.44. The number of aryl methyl sites for hydroxylation is 2. The van der Waals surface area contributed by atoms with E-state index in [0.29, 0.717) is 19.7 Å². The summed E-state index contributed by atoms with van der Waals surface area (Å²) in [5, 5.41) is 5.63. The van der Waals surface area contributed by atoms with E-state index in [1.807, 2.05) is 39.0 Å². The van der Waals surface area contributed by atoms with E-state index in [1.54, 1.807) is 4.90 Å². The molecular weight excluding hydrogens is 346 g/mol. The lowest BCUT2D eigenvalue weighted by atomic mass is 10.1. The lowest BCUT2D eigenvalue weighted by Gasteiger charge is -2.33. The molecular formula is C20H29N3O4. The Morgan fingerprint density at radius 3 is 2.63 bits per heavy atom. The van der Waals surface area contributed by atoms with Crippen molar-refractivity contribution < 1.29 is 19.1 Å². The monoisotopic (exact) mass is 375 g/mol. The smallest absolute Gasteiger partial charge is 0.307 e. The highest BCUT2D eigenvalue weighted by Crippen LogP contribution is 2.15. The number of unbranched alkanes of at least 4 members (excludes halogenated alkanes) is 1. The van der Waals surface area contributed by atoms with E-state index in [4.69, 9.17) is 4.74 Å². The summed E-state index contributed by atoms with van der Waals surface area (Å²) in [5.41, 5.74) is 2.86. The Morgan fingerprint density at radius 1 is 1.26 bits per heavy atom. The molecule has 7 heteroatoms. The maximum Gasteiger partial charge on any atom is 0.307 e. The van der Waals surface area contributed by atoms with Crippen molar-refractivity contribution in [2.24, 2.45) is 0 Å². The Bertz CT molecular complexity index is 670. The van der Waals surface area contributed by atoms with Crippen LogP contribution in [0.25, 0.3) is 0 Å². The molecule has 2 N–H and O–H groups in total. The van der Waals surface area contributed by atoms with Crippen LogP contribution in [-0.4, -0.2) is 55.0 Å². The van der Waals surface area contributed by atoms with Crippen molar-refractivity contribution in [1.29, 1.82) is 0 Å². The summed E-state index contributed by atoms with van der Waals surface area (Å²) in [6.45, 7) is 7.33. The van der Waals surface area contributed by atoms with Gasteiger partial charge >= 0.3 is 5.97 Å². The molecule has 1 saturated heterocycles. The number of esters is 1. The molecule has 0 saturated carbocycles. The molecule has 1 atom stereocenters. The second-order valence-electron chi connectivity index (χ2n) is 6.98. The molecule has 2 amide bonds. The molecule has 148 valence electrons. The zero-order chi connectivity index (χ0) is 19.8. The van der Waals surface area contributed by atoms with E-state index in [0.717, 1.165) is 29.7 Å². The van der Waals surface area contributed by atoms with E-state index in [1.165, 1.54) is 0 Å². The average molecular weight is 375 g/mol. The number of hydrogen-bond donors (Lipinski definition) is 2. The molecule has 1 heterocycles. The minimum atomic E-state index is -0.683. The second kappa shape index (κ2) is 10.1. The Morgan fingerprint density at radius 2 is 1.96 bits per heavy atom. The van der Waals surface area contributed by atoms with Gasteiger partial charge < -0.3 is 15.4 Å². The van der Waals surface area contributed by atoms with E-state index in [2.05, 4.69) is 10.6 Å². The van der Waals surface area contributed by atoms with Crippen LogP contribution in [0.15, 0.2) is 18.2 Å². The van der Waals surface area contributed by atoms with Gasteiger partial charge in [-0.2, -0.15) is 0 Å². The van der Waals surface area contributed by atoms with Crippen molar-refractivity contribution in [2.75, 3.05) is 31.6 Å². The summed E-state index contributed by atoms with van der Waals surface area (Å²) in [7, 11) is 0. The first-order chi connectivity index (χ1) is 12.9. The first-order valence-electron chi connectivity index (χ1n) is 9.44. The maximum absolute atomic E-state index is 12.5. The van der Waals surface area contributed by atoms with Crippen LogP contribution in [0.2, 0.25) is 0 Å². The van der Waals surface area contributed by atoms with Crippen LogP contribution < -0.4 is 10.6 Å². The van der Waals surface area contributed by atoms with Gasteiger partial charge in [0.05, 0.1) is 19.6 Å². The fourth-order valence-corrected chi connectivity index (χ4v) is 3.15. The quantitative estimate of drug-likeness (QED) is 0.534. The van der Waals surface area contributed by atoms with Crippen molar-refractivity contribution in [2.45, 2.75) is 46.1 Å². The van der Waals surface area contributed by atoms with Crippen molar-refractivity contribution >= 4 is 23.5 Å². The van der Waals surface area contributed by atoms with Gasteiger partial charge in [-0.25, -0.2) is 0 Å². The van der Waals surface area contributed by atoms with Gasteiger partial charge in [0.15, 0.2) is 0 Å². The molecule has 2 rings (SSSR count). The fraction of sp³-hybridized carbons (Fsp3) is 0.550. The van der Waals surface area contributed by atoms with Crippen LogP contribution >= 0.6 is 0 Å². The van der Waals surface area contributed by atoms with Gasteiger partial charge in [-0.3, -0.25) is 19.3 Å². The predicted molar refractivity (Wildman–Crippen MR) is 103 cm³/mol. The van der Waals surface area contributed by atoms with Crippen molar-refractivity contribution in [3.63, 3.8) is 0 Å². The number of anilines is 1. The molecule has 1 aromatic carbocycles. The third-order valence-electron chi connectivity index (χ3n) is 4.41. The number of amides is 2. The number of nitrogens with one attached hydrogen (secondary N) is 2. The number of piperazine rings is 1. The van der Waals surface area contributed by atoms with Gasteiger partial charge in [-0.05, 0) is 43.5 Å². The molecule has 1 unspecified atom stereocenters. The predicted octanol–water partition coefficient (Wildman–Crippen LogP) is 1.78. The third-order valence-corrected chi connectivity index (χ3v) is 4.41. The van der Waals surface area contributed by atoms with Crippen LogP contribution in [0.3, 0.4) is 0 Å². The lowest BCUT2D eigenvalue weighted by molar-refractivity contribution is -0.149. The maximum atomic E-state index is 12.5. The molecule has 1 aliphatic heterocycles. The van der Waals surface area contributed by atoms with E-state index < -0.39 is 12.0 Å². The SMILES string of the molecule is CCCCOC(=O)CC1C(=O)NCCN1CC(=O)Nc1cc(C)cc(C)c1. The molecule has 0 radical (unpaired) electrons. The summed E-state index contributed by atoms with van der Waals surface area (Å²) in [6.07, 6.45) is 1.68. The number of carbonyl (C=O) groups excluding carboxylic acids is 3. The van der Waals surface area contributed by atoms with E-state index >= 15 is 0 Å². The Labute approximate surface area is 160 Å². The van der Waals surface area contributed by atoms with Gasteiger partial charge in [-0.15, -0.1) is 0 Å². The molecule has 1 aliphatic rings. The molecule has 0 bridgehead atoms. The number of benzene rings is 1. The highest BCUT2D eigenvalue weighted by atomic mass is 16.5. The lowest BCUT2D eigenvalue weighted by Crippen LogP contribution is -2.57. The van der Waals surface area contributed by atoms with Crippen LogP contribution in [0.1, 0.15) is 37.3 Å². The van der Waals surface area contributed by atoms with Crippen molar-refractivity contribution in [1.82, 2.24) is 10.2 Å². The third kappa shape index (κ3) is 6.67. The van der Waals surface area contributed by atoms with E-state index in [-0.39, 0.29) is 24.8 Å². The summed E-state index contributed by atoms with van der Waals surface area (Å²) < 4.78 is 5.16. The molecule has 0 aliphatic carbocycles. The number of rotatable bonds is 8.